The van der Waals surface area contributed by atoms with Crippen LogP contribution in [-0.4, -0.2) is 50.1 Å². The third kappa shape index (κ3) is 8.42. The molecule has 0 aliphatic carbocycles. The molecule has 0 bridgehead atoms. The molecular weight excluding hydrogens is 504 g/mol. The number of unbranched alkanes of at least 4 members (excludes halogenated alkanes) is 1. The molecule has 3 aromatic carbocycles. The number of hydrogen-bond acceptors (Lipinski definition) is 5. The van der Waals surface area contributed by atoms with Crippen molar-refractivity contribution in [2.45, 2.75) is 38.8 Å². The molecule has 2 amide bonds. The zero-order valence-corrected chi connectivity index (χ0v) is 22.9. The van der Waals surface area contributed by atoms with Crippen LogP contribution >= 0.6 is 11.6 Å². The Morgan fingerprint density at radius 1 is 0.921 bits per heavy atom. The summed E-state index contributed by atoms with van der Waals surface area (Å²) in [5.74, 6) is 0.928. The van der Waals surface area contributed by atoms with E-state index in [0.717, 1.165) is 24.0 Å². The van der Waals surface area contributed by atoms with Crippen LogP contribution in [0.15, 0.2) is 72.8 Å². The van der Waals surface area contributed by atoms with Crippen molar-refractivity contribution < 1.29 is 23.8 Å². The zero-order valence-electron chi connectivity index (χ0n) is 22.1. The van der Waals surface area contributed by atoms with Crippen molar-refractivity contribution >= 4 is 23.4 Å². The van der Waals surface area contributed by atoms with Gasteiger partial charge in [-0.15, -0.1) is 0 Å². The van der Waals surface area contributed by atoms with Gasteiger partial charge in [-0.25, -0.2) is 0 Å². The summed E-state index contributed by atoms with van der Waals surface area (Å²) >= 11 is 6.46. The monoisotopic (exact) mass is 538 g/mol. The van der Waals surface area contributed by atoms with Gasteiger partial charge in [0.25, 0.3) is 5.91 Å². The van der Waals surface area contributed by atoms with Gasteiger partial charge in [0.15, 0.2) is 6.61 Å². The first-order valence-corrected chi connectivity index (χ1v) is 13.0. The van der Waals surface area contributed by atoms with Crippen molar-refractivity contribution in [3.8, 4) is 17.2 Å². The molecule has 0 unspecified atom stereocenters. The quantitative estimate of drug-likeness (QED) is 0.282. The van der Waals surface area contributed by atoms with Gasteiger partial charge in [0, 0.05) is 42.7 Å². The second kappa shape index (κ2) is 14.9. The maximum atomic E-state index is 13.7. The third-order valence-electron chi connectivity index (χ3n) is 6.09. The summed E-state index contributed by atoms with van der Waals surface area (Å²) < 4.78 is 16.5. The van der Waals surface area contributed by atoms with E-state index in [1.54, 1.807) is 43.4 Å². The minimum absolute atomic E-state index is 0.155. The standard InChI is InChI=1S/C30H35ClN2O5/c1-4-5-15-32-30(35)28(16-22-11-7-6-8-12-22)33(20-23-13-9-10-14-27(23)31)29(34)21-38-26-18-24(36-2)17-25(19-26)37-3/h6-14,17-19,28H,4-5,15-16,20-21H2,1-3H3,(H,32,35)/t28-/m0/s1. The van der Waals surface area contributed by atoms with E-state index >= 15 is 0 Å². The number of nitrogens with one attached hydrogen (secondary N) is 1. The number of hydrogen-bond donors (Lipinski definition) is 1. The zero-order chi connectivity index (χ0) is 27.3. The van der Waals surface area contributed by atoms with Crippen molar-refractivity contribution in [3.05, 3.63) is 88.9 Å². The Bertz CT molecular complexity index is 1170. The van der Waals surface area contributed by atoms with Crippen molar-refractivity contribution in [1.82, 2.24) is 10.2 Å². The molecule has 1 atom stereocenters. The van der Waals surface area contributed by atoms with E-state index in [0.29, 0.717) is 35.2 Å². The predicted octanol–water partition coefficient (Wildman–Crippen LogP) is 5.29. The lowest BCUT2D eigenvalue weighted by atomic mass is 10.0. The van der Waals surface area contributed by atoms with Crippen LogP contribution in [0.25, 0.3) is 0 Å². The van der Waals surface area contributed by atoms with Crippen LogP contribution in [0.1, 0.15) is 30.9 Å². The average molecular weight is 539 g/mol. The Morgan fingerprint density at radius 3 is 2.18 bits per heavy atom. The van der Waals surface area contributed by atoms with Crippen molar-refractivity contribution in [2.75, 3.05) is 27.4 Å². The van der Waals surface area contributed by atoms with E-state index in [4.69, 9.17) is 25.8 Å². The second-order valence-corrected chi connectivity index (χ2v) is 9.21. The second-order valence-electron chi connectivity index (χ2n) is 8.80. The largest absolute Gasteiger partial charge is 0.496 e. The number of carbonyl (C=O) groups excluding carboxylic acids is 2. The van der Waals surface area contributed by atoms with Gasteiger partial charge in [-0.2, -0.15) is 0 Å². The molecule has 3 rings (SSSR count). The number of amides is 2. The van der Waals surface area contributed by atoms with Crippen molar-refractivity contribution in [1.29, 1.82) is 0 Å². The highest BCUT2D eigenvalue weighted by atomic mass is 35.5. The van der Waals surface area contributed by atoms with Crippen molar-refractivity contribution in [2.24, 2.45) is 0 Å². The number of ether oxygens (including phenoxy) is 3. The minimum Gasteiger partial charge on any atom is -0.496 e. The number of methoxy groups -OCH3 is 2. The molecule has 0 saturated carbocycles. The molecule has 8 heteroatoms. The molecular formula is C30H35ClN2O5. The lowest BCUT2D eigenvalue weighted by Crippen LogP contribution is -2.51. The van der Waals surface area contributed by atoms with E-state index in [1.165, 1.54) is 0 Å². The van der Waals surface area contributed by atoms with Gasteiger partial charge >= 0.3 is 0 Å². The first kappa shape index (κ1) is 28.9. The fourth-order valence-electron chi connectivity index (χ4n) is 3.96. The smallest absolute Gasteiger partial charge is 0.261 e. The van der Waals surface area contributed by atoms with E-state index in [9.17, 15) is 9.59 Å². The van der Waals surface area contributed by atoms with Crippen LogP contribution in [0.2, 0.25) is 5.02 Å². The van der Waals surface area contributed by atoms with Crippen molar-refractivity contribution in [3.63, 3.8) is 0 Å². The summed E-state index contributed by atoms with van der Waals surface area (Å²) in [6.07, 6.45) is 2.15. The number of halogens is 1. The summed E-state index contributed by atoms with van der Waals surface area (Å²) in [4.78, 5) is 28.7. The molecule has 38 heavy (non-hydrogen) atoms. The van der Waals surface area contributed by atoms with Crippen LogP contribution < -0.4 is 19.5 Å². The fraction of sp³-hybridized carbons (Fsp3) is 0.333. The topological polar surface area (TPSA) is 77.1 Å². The molecule has 0 aliphatic rings. The van der Waals surface area contributed by atoms with Gasteiger partial charge in [0.1, 0.15) is 23.3 Å². The number of benzene rings is 3. The lowest BCUT2D eigenvalue weighted by molar-refractivity contribution is -0.142. The highest BCUT2D eigenvalue weighted by molar-refractivity contribution is 6.31. The summed E-state index contributed by atoms with van der Waals surface area (Å²) in [6.45, 7) is 2.47. The number of rotatable bonds is 14. The fourth-order valence-corrected chi connectivity index (χ4v) is 4.16. The highest BCUT2D eigenvalue weighted by Gasteiger charge is 2.31. The van der Waals surface area contributed by atoms with Gasteiger partial charge in [0.2, 0.25) is 5.91 Å². The summed E-state index contributed by atoms with van der Waals surface area (Å²) in [6, 6.07) is 21.3. The Hall–Kier alpha value is -3.71. The normalized spacial score (nSPS) is 11.4. The third-order valence-corrected chi connectivity index (χ3v) is 6.46. The molecule has 0 aliphatic heterocycles. The molecule has 0 spiro atoms. The summed E-state index contributed by atoms with van der Waals surface area (Å²) in [7, 11) is 3.08. The predicted molar refractivity (Wildman–Crippen MR) is 149 cm³/mol. The van der Waals surface area contributed by atoms with Crippen LogP contribution in [0.3, 0.4) is 0 Å². The molecule has 0 saturated heterocycles. The summed E-state index contributed by atoms with van der Waals surface area (Å²) in [5.41, 5.74) is 1.68. The van der Waals surface area contributed by atoms with Gasteiger partial charge in [-0.3, -0.25) is 9.59 Å². The van der Waals surface area contributed by atoms with Gasteiger partial charge in [-0.1, -0.05) is 73.5 Å². The average Bonchev–Trinajstić information content (AvgIpc) is 2.94. The van der Waals surface area contributed by atoms with E-state index in [1.807, 2.05) is 48.5 Å². The molecule has 0 aromatic heterocycles. The molecule has 0 heterocycles. The van der Waals surface area contributed by atoms with Crippen LogP contribution in [0, 0.1) is 0 Å². The van der Waals surface area contributed by atoms with Gasteiger partial charge in [0.05, 0.1) is 14.2 Å². The molecule has 0 radical (unpaired) electrons. The Kier molecular flexibility index (Phi) is 11.3. The lowest BCUT2D eigenvalue weighted by Gasteiger charge is -2.31. The highest BCUT2D eigenvalue weighted by Crippen LogP contribution is 2.28. The van der Waals surface area contributed by atoms with Gasteiger partial charge < -0.3 is 24.4 Å². The van der Waals surface area contributed by atoms with E-state index in [2.05, 4.69) is 12.2 Å². The number of carbonyl (C=O) groups is 2. The molecule has 0 fully saturated rings. The first-order valence-electron chi connectivity index (χ1n) is 12.7. The Labute approximate surface area is 229 Å². The minimum atomic E-state index is -0.763. The van der Waals surface area contributed by atoms with Gasteiger partial charge in [-0.05, 0) is 23.6 Å². The SMILES string of the molecule is CCCCNC(=O)[C@H](Cc1ccccc1)N(Cc1ccccc1Cl)C(=O)COc1cc(OC)cc(OC)c1. The molecule has 202 valence electrons. The Balaban J connectivity index is 1.91. The van der Waals surface area contributed by atoms with E-state index < -0.39 is 6.04 Å². The maximum Gasteiger partial charge on any atom is 0.261 e. The van der Waals surface area contributed by atoms with E-state index in [-0.39, 0.29) is 25.0 Å². The number of nitrogens with zero attached hydrogens (tertiary/aromatic N) is 1. The maximum absolute atomic E-state index is 13.7. The first-order chi connectivity index (χ1) is 18.4. The molecule has 7 nitrogen and oxygen atoms in total. The van der Waals surface area contributed by atoms with Crippen LogP contribution in [-0.2, 0) is 22.6 Å². The molecule has 1 N–H and O–H groups in total. The van der Waals surface area contributed by atoms with Crippen LogP contribution in [0.4, 0.5) is 0 Å². The Morgan fingerprint density at radius 2 is 1.55 bits per heavy atom. The van der Waals surface area contributed by atoms with Crippen LogP contribution in [0.5, 0.6) is 17.2 Å². The molecule has 3 aromatic rings. The summed E-state index contributed by atoms with van der Waals surface area (Å²) in [5, 5.41) is 3.53.